The summed E-state index contributed by atoms with van der Waals surface area (Å²) in [6, 6.07) is 0. The molecule has 1 aliphatic rings. The van der Waals surface area contributed by atoms with Gasteiger partial charge in [-0.3, -0.25) is 9.58 Å². The Bertz CT molecular complexity index is 317. The van der Waals surface area contributed by atoms with Crippen molar-refractivity contribution in [3.05, 3.63) is 12.2 Å². The third-order valence-corrected chi connectivity index (χ3v) is 2.91. The first-order chi connectivity index (χ1) is 7.29. The summed E-state index contributed by atoms with van der Waals surface area (Å²) in [5.41, 5.74) is 0. The van der Waals surface area contributed by atoms with Crippen LogP contribution in [0.5, 0.6) is 0 Å². The van der Waals surface area contributed by atoms with Crippen molar-refractivity contribution in [2.24, 2.45) is 7.05 Å². The number of aryl methyl sites for hydroxylation is 1. The normalized spacial score (nSPS) is 23.2. The maximum Gasteiger partial charge on any atom is 0.140 e. The molecule has 6 heteroatoms. The summed E-state index contributed by atoms with van der Waals surface area (Å²) < 4.78 is 7.29. The highest BCUT2D eigenvalue weighted by atomic mass is 35.5. The van der Waals surface area contributed by atoms with E-state index in [1.54, 1.807) is 11.0 Å². The fraction of sp³-hybridized carbons (Fsp3) is 0.778. The molecule has 2 heterocycles. The third-order valence-electron chi connectivity index (χ3n) is 2.57. The van der Waals surface area contributed by atoms with Gasteiger partial charge in [0.2, 0.25) is 0 Å². The molecule has 1 unspecified atom stereocenters. The first kappa shape index (κ1) is 10.9. The number of alkyl halides is 1. The molecule has 1 aliphatic heterocycles. The lowest BCUT2D eigenvalue weighted by atomic mass is 10.3. The second kappa shape index (κ2) is 4.92. The number of morpholine rings is 1. The molecule has 84 valence electrons. The topological polar surface area (TPSA) is 43.2 Å². The Morgan fingerprint density at radius 3 is 3.20 bits per heavy atom. The summed E-state index contributed by atoms with van der Waals surface area (Å²) in [5, 5.41) is 4.04. The van der Waals surface area contributed by atoms with Crippen molar-refractivity contribution in [2.45, 2.75) is 12.6 Å². The highest BCUT2D eigenvalue weighted by Crippen LogP contribution is 2.09. The van der Waals surface area contributed by atoms with Crippen LogP contribution in [0.4, 0.5) is 0 Å². The molecule has 15 heavy (non-hydrogen) atoms. The van der Waals surface area contributed by atoms with Crippen LogP contribution in [0.15, 0.2) is 6.33 Å². The molecule has 0 bridgehead atoms. The lowest BCUT2D eigenvalue weighted by Crippen LogP contribution is -2.43. The van der Waals surface area contributed by atoms with E-state index >= 15 is 0 Å². The number of rotatable bonds is 3. The summed E-state index contributed by atoms with van der Waals surface area (Å²) in [6.45, 7) is 3.36. The number of aromatic nitrogens is 3. The summed E-state index contributed by atoms with van der Waals surface area (Å²) in [4.78, 5) is 6.49. The number of hydrogen-bond acceptors (Lipinski definition) is 4. The second-order valence-electron chi connectivity index (χ2n) is 3.68. The van der Waals surface area contributed by atoms with Crippen molar-refractivity contribution in [1.82, 2.24) is 19.7 Å². The molecule has 1 aromatic heterocycles. The lowest BCUT2D eigenvalue weighted by Gasteiger charge is -2.31. The number of halogens is 1. The van der Waals surface area contributed by atoms with Crippen molar-refractivity contribution >= 4 is 11.6 Å². The van der Waals surface area contributed by atoms with Gasteiger partial charge in [-0.2, -0.15) is 5.10 Å². The minimum atomic E-state index is 0.147. The molecule has 0 amide bonds. The standard InChI is InChI=1S/C9H15ClN4O/c1-13-9(11-7-12-13)6-14-2-3-15-8(4-10)5-14/h7-8H,2-6H2,1H3. The molecule has 5 nitrogen and oxygen atoms in total. The average Bonchev–Trinajstić information content (AvgIpc) is 2.65. The molecule has 0 radical (unpaired) electrons. The van der Waals surface area contributed by atoms with Crippen molar-refractivity contribution in [3.8, 4) is 0 Å². The number of hydrogen-bond donors (Lipinski definition) is 0. The van der Waals surface area contributed by atoms with Gasteiger partial charge in [0.05, 0.1) is 19.3 Å². The van der Waals surface area contributed by atoms with Crippen LogP contribution in [0.2, 0.25) is 0 Å². The summed E-state index contributed by atoms with van der Waals surface area (Å²) in [7, 11) is 1.90. The Morgan fingerprint density at radius 2 is 2.53 bits per heavy atom. The van der Waals surface area contributed by atoms with Gasteiger partial charge in [-0.25, -0.2) is 4.98 Å². The smallest absolute Gasteiger partial charge is 0.140 e. The van der Waals surface area contributed by atoms with Crippen LogP contribution in [-0.4, -0.2) is 51.3 Å². The molecule has 0 N–H and O–H groups in total. The molecular formula is C9H15ClN4O. The minimum Gasteiger partial charge on any atom is -0.374 e. The van der Waals surface area contributed by atoms with Gasteiger partial charge in [-0.05, 0) is 0 Å². The predicted octanol–water partition coefficient (Wildman–Crippen LogP) is 0.255. The van der Waals surface area contributed by atoms with Crippen molar-refractivity contribution in [3.63, 3.8) is 0 Å². The molecule has 1 saturated heterocycles. The molecular weight excluding hydrogens is 216 g/mol. The van der Waals surface area contributed by atoms with Crippen LogP contribution < -0.4 is 0 Å². The SMILES string of the molecule is Cn1ncnc1CN1CCOC(CCl)C1. The van der Waals surface area contributed by atoms with Crippen LogP contribution in [0.1, 0.15) is 5.82 Å². The van der Waals surface area contributed by atoms with E-state index in [4.69, 9.17) is 16.3 Å². The van der Waals surface area contributed by atoms with E-state index in [-0.39, 0.29) is 6.10 Å². The molecule has 0 saturated carbocycles. The zero-order valence-corrected chi connectivity index (χ0v) is 9.52. The van der Waals surface area contributed by atoms with Gasteiger partial charge in [-0.1, -0.05) is 0 Å². The lowest BCUT2D eigenvalue weighted by molar-refractivity contribution is -0.0205. The molecule has 0 spiro atoms. The van der Waals surface area contributed by atoms with Crippen LogP contribution in [0, 0.1) is 0 Å². The van der Waals surface area contributed by atoms with E-state index < -0.39 is 0 Å². The van der Waals surface area contributed by atoms with E-state index in [1.807, 2.05) is 7.05 Å². The molecule has 0 aliphatic carbocycles. The molecule has 0 aromatic carbocycles. The Hall–Kier alpha value is -0.650. The van der Waals surface area contributed by atoms with E-state index in [0.29, 0.717) is 5.88 Å². The van der Waals surface area contributed by atoms with Gasteiger partial charge in [0.15, 0.2) is 0 Å². The highest BCUT2D eigenvalue weighted by molar-refractivity contribution is 6.18. The number of ether oxygens (including phenoxy) is 1. The monoisotopic (exact) mass is 230 g/mol. The first-order valence-electron chi connectivity index (χ1n) is 5.02. The average molecular weight is 231 g/mol. The van der Waals surface area contributed by atoms with E-state index in [9.17, 15) is 0 Å². The minimum absolute atomic E-state index is 0.147. The van der Waals surface area contributed by atoms with Gasteiger partial charge in [-0.15, -0.1) is 11.6 Å². The zero-order chi connectivity index (χ0) is 10.7. The molecule has 1 fully saturated rings. The van der Waals surface area contributed by atoms with Gasteiger partial charge < -0.3 is 4.74 Å². The van der Waals surface area contributed by atoms with Crippen LogP contribution in [-0.2, 0) is 18.3 Å². The van der Waals surface area contributed by atoms with Crippen LogP contribution in [0.25, 0.3) is 0 Å². The van der Waals surface area contributed by atoms with Crippen molar-refractivity contribution in [1.29, 1.82) is 0 Å². The molecule has 1 aromatic rings. The second-order valence-corrected chi connectivity index (χ2v) is 3.99. The Kier molecular flexibility index (Phi) is 3.56. The summed E-state index contributed by atoms with van der Waals surface area (Å²) in [5.74, 6) is 1.53. The van der Waals surface area contributed by atoms with Gasteiger partial charge in [0.1, 0.15) is 12.2 Å². The van der Waals surface area contributed by atoms with Crippen LogP contribution >= 0.6 is 11.6 Å². The Morgan fingerprint density at radius 1 is 1.67 bits per heavy atom. The van der Waals surface area contributed by atoms with Crippen molar-refractivity contribution in [2.75, 3.05) is 25.6 Å². The first-order valence-corrected chi connectivity index (χ1v) is 5.56. The Balaban J connectivity index is 1.92. The summed E-state index contributed by atoms with van der Waals surface area (Å²) >= 11 is 5.77. The predicted molar refractivity (Wildman–Crippen MR) is 56.7 cm³/mol. The quantitative estimate of drug-likeness (QED) is 0.699. The van der Waals surface area contributed by atoms with E-state index in [0.717, 1.165) is 32.1 Å². The Labute approximate surface area is 94.0 Å². The maximum atomic E-state index is 5.77. The maximum absolute atomic E-state index is 5.77. The molecule has 1 atom stereocenters. The third kappa shape index (κ3) is 2.68. The highest BCUT2D eigenvalue weighted by Gasteiger charge is 2.20. The van der Waals surface area contributed by atoms with Gasteiger partial charge in [0.25, 0.3) is 0 Å². The largest absolute Gasteiger partial charge is 0.374 e. The molecule has 2 rings (SSSR count). The summed E-state index contributed by atoms with van der Waals surface area (Å²) in [6.07, 6.45) is 1.73. The van der Waals surface area contributed by atoms with Gasteiger partial charge in [0, 0.05) is 26.0 Å². The van der Waals surface area contributed by atoms with E-state index in [1.165, 1.54) is 0 Å². The van der Waals surface area contributed by atoms with Gasteiger partial charge >= 0.3 is 0 Å². The van der Waals surface area contributed by atoms with Crippen molar-refractivity contribution < 1.29 is 4.74 Å². The fourth-order valence-corrected chi connectivity index (χ4v) is 1.87. The fourth-order valence-electron chi connectivity index (χ4n) is 1.68. The van der Waals surface area contributed by atoms with Crippen LogP contribution in [0.3, 0.4) is 0 Å². The zero-order valence-electron chi connectivity index (χ0n) is 8.77. The van der Waals surface area contributed by atoms with E-state index in [2.05, 4.69) is 15.0 Å². The number of nitrogens with zero attached hydrogens (tertiary/aromatic N) is 4.